The van der Waals surface area contributed by atoms with Crippen LogP contribution in [-0.2, 0) is 0 Å². The van der Waals surface area contributed by atoms with Crippen LogP contribution in [0.2, 0.25) is 0 Å². The fourth-order valence-corrected chi connectivity index (χ4v) is 2.82. The third-order valence-corrected chi connectivity index (χ3v) is 2.92. The summed E-state index contributed by atoms with van der Waals surface area (Å²) in [5, 5.41) is 7.25. The van der Waals surface area contributed by atoms with Crippen LogP contribution in [0.3, 0.4) is 0 Å². The lowest BCUT2D eigenvalue weighted by molar-refractivity contribution is 0.146. The van der Waals surface area contributed by atoms with Crippen LogP contribution in [0.1, 0.15) is 47.5 Å². The summed E-state index contributed by atoms with van der Waals surface area (Å²) in [6, 6.07) is 0.827. The average Bonchev–Trinajstić information content (AvgIpc) is 1.94. The Bertz CT molecular complexity index is 193. The summed E-state index contributed by atoms with van der Waals surface area (Å²) in [7, 11) is 0. The largest absolute Gasteiger partial charge is 0.327 e. The molecule has 4 N–H and O–H groups in total. The van der Waals surface area contributed by atoms with Gasteiger partial charge in [0.1, 0.15) is 0 Å². The van der Waals surface area contributed by atoms with Crippen molar-refractivity contribution >= 4 is 0 Å². The van der Waals surface area contributed by atoms with Crippen molar-refractivity contribution in [3.05, 3.63) is 0 Å². The summed E-state index contributed by atoms with van der Waals surface area (Å²) in [6.45, 7) is 12.0. The van der Waals surface area contributed by atoms with E-state index in [1.807, 2.05) is 6.92 Å². The van der Waals surface area contributed by atoms with Crippen molar-refractivity contribution in [3.8, 4) is 0 Å². The molecule has 1 aliphatic rings. The first kappa shape index (κ1) is 12.9. The molecule has 15 heavy (non-hydrogen) atoms. The van der Waals surface area contributed by atoms with E-state index >= 15 is 0 Å². The molecule has 1 atom stereocenters. The Hall–Kier alpha value is -0.120. The molecule has 0 amide bonds. The Kier molecular flexibility index (Phi) is 3.80. The van der Waals surface area contributed by atoms with Gasteiger partial charge in [-0.2, -0.15) is 0 Å². The quantitative estimate of drug-likeness (QED) is 0.661. The number of piperidine rings is 1. The molecule has 0 saturated carbocycles. The fourth-order valence-electron chi connectivity index (χ4n) is 2.82. The molecule has 1 fully saturated rings. The summed E-state index contributed by atoms with van der Waals surface area (Å²) in [5.74, 6) is 0. The highest BCUT2D eigenvalue weighted by Crippen LogP contribution is 2.28. The Morgan fingerprint density at radius 1 is 1.27 bits per heavy atom. The highest BCUT2D eigenvalue weighted by Gasteiger charge is 2.37. The normalized spacial score (nSPS) is 27.6. The molecule has 0 spiro atoms. The van der Waals surface area contributed by atoms with Gasteiger partial charge in [0.15, 0.2) is 0 Å². The Morgan fingerprint density at radius 3 is 2.13 bits per heavy atom. The van der Waals surface area contributed by atoms with Crippen LogP contribution in [0.5, 0.6) is 0 Å². The molecule has 0 aromatic carbocycles. The second-order valence-electron chi connectivity index (χ2n) is 6.38. The van der Waals surface area contributed by atoms with Gasteiger partial charge in [0.05, 0.1) is 0 Å². The van der Waals surface area contributed by atoms with E-state index in [0.717, 1.165) is 6.54 Å². The molecule has 1 unspecified atom stereocenters. The van der Waals surface area contributed by atoms with Gasteiger partial charge < -0.3 is 16.4 Å². The lowest BCUT2D eigenvalue weighted by atomic mass is 9.79. The van der Waals surface area contributed by atoms with E-state index in [1.54, 1.807) is 0 Å². The monoisotopic (exact) mass is 213 g/mol. The van der Waals surface area contributed by atoms with E-state index in [1.165, 1.54) is 12.8 Å². The zero-order valence-corrected chi connectivity index (χ0v) is 10.9. The molecule has 0 aliphatic carbocycles. The molecular formula is C12H27N3. The number of hydrogen-bond acceptors (Lipinski definition) is 3. The van der Waals surface area contributed by atoms with Crippen molar-refractivity contribution in [2.75, 3.05) is 6.54 Å². The minimum Gasteiger partial charge on any atom is -0.327 e. The molecule has 0 bridgehead atoms. The zero-order chi connectivity index (χ0) is 11.7. The van der Waals surface area contributed by atoms with Gasteiger partial charge in [0.2, 0.25) is 0 Å². The van der Waals surface area contributed by atoms with Crippen LogP contribution in [0.25, 0.3) is 0 Å². The van der Waals surface area contributed by atoms with Crippen LogP contribution in [0, 0.1) is 0 Å². The summed E-state index contributed by atoms with van der Waals surface area (Å²) in [5.41, 5.74) is 6.21. The number of nitrogens with two attached hydrogens (primary N) is 1. The third-order valence-electron chi connectivity index (χ3n) is 2.92. The smallest absolute Gasteiger partial charge is 0.0144 e. The minimum atomic E-state index is 0.219. The van der Waals surface area contributed by atoms with Crippen molar-refractivity contribution in [2.45, 2.75) is 70.6 Å². The van der Waals surface area contributed by atoms with Crippen LogP contribution >= 0.6 is 0 Å². The third kappa shape index (κ3) is 4.49. The predicted molar refractivity (Wildman–Crippen MR) is 66.0 cm³/mol. The van der Waals surface area contributed by atoms with E-state index in [2.05, 4.69) is 38.3 Å². The van der Waals surface area contributed by atoms with Crippen molar-refractivity contribution in [2.24, 2.45) is 5.73 Å². The van der Waals surface area contributed by atoms with Gasteiger partial charge in [0.25, 0.3) is 0 Å². The average molecular weight is 213 g/mol. The molecular weight excluding hydrogens is 186 g/mol. The molecule has 1 rings (SSSR count). The topological polar surface area (TPSA) is 50.1 Å². The van der Waals surface area contributed by atoms with Gasteiger partial charge in [-0.05, 0) is 47.5 Å². The van der Waals surface area contributed by atoms with Gasteiger partial charge in [-0.3, -0.25) is 0 Å². The predicted octanol–water partition coefficient (Wildman–Crippen LogP) is 1.23. The standard InChI is InChI=1S/C12H27N3/c1-9(13)8-14-10-6-11(2,3)15-12(4,5)7-10/h9-10,14-15H,6-8,13H2,1-5H3. The summed E-state index contributed by atoms with van der Waals surface area (Å²) in [4.78, 5) is 0. The lowest BCUT2D eigenvalue weighted by Crippen LogP contribution is -2.62. The van der Waals surface area contributed by atoms with E-state index in [4.69, 9.17) is 5.73 Å². The Balaban J connectivity index is 2.52. The van der Waals surface area contributed by atoms with Crippen molar-refractivity contribution in [1.29, 1.82) is 0 Å². The first-order valence-corrected chi connectivity index (χ1v) is 5.98. The molecule has 0 aromatic heterocycles. The van der Waals surface area contributed by atoms with Crippen molar-refractivity contribution < 1.29 is 0 Å². The molecule has 3 heteroatoms. The molecule has 0 radical (unpaired) electrons. The van der Waals surface area contributed by atoms with Crippen molar-refractivity contribution in [1.82, 2.24) is 10.6 Å². The summed E-state index contributed by atoms with van der Waals surface area (Å²) < 4.78 is 0. The van der Waals surface area contributed by atoms with E-state index < -0.39 is 0 Å². The first-order chi connectivity index (χ1) is 6.70. The maximum atomic E-state index is 5.77. The molecule has 1 saturated heterocycles. The number of nitrogens with one attached hydrogen (secondary N) is 2. The van der Waals surface area contributed by atoms with Crippen LogP contribution in [0.4, 0.5) is 0 Å². The van der Waals surface area contributed by atoms with E-state index in [9.17, 15) is 0 Å². The van der Waals surface area contributed by atoms with Gasteiger partial charge in [-0.15, -0.1) is 0 Å². The summed E-state index contributed by atoms with van der Waals surface area (Å²) in [6.07, 6.45) is 2.34. The molecule has 0 aromatic rings. The minimum absolute atomic E-state index is 0.219. The lowest BCUT2D eigenvalue weighted by Gasteiger charge is -2.47. The highest BCUT2D eigenvalue weighted by molar-refractivity contribution is 4.99. The highest BCUT2D eigenvalue weighted by atomic mass is 15.1. The van der Waals surface area contributed by atoms with Crippen molar-refractivity contribution in [3.63, 3.8) is 0 Å². The number of hydrogen-bond donors (Lipinski definition) is 3. The molecule has 1 aliphatic heterocycles. The summed E-state index contributed by atoms with van der Waals surface area (Å²) >= 11 is 0. The molecule has 90 valence electrons. The first-order valence-electron chi connectivity index (χ1n) is 5.98. The maximum Gasteiger partial charge on any atom is 0.0144 e. The zero-order valence-electron chi connectivity index (χ0n) is 10.9. The fraction of sp³-hybridized carbons (Fsp3) is 1.00. The molecule has 1 heterocycles. The van der Waals surface area contributed by atoms with E-state index in [-0.39, 0.29) is 17.1 Å². The van der Waals surface area contributed by atoms with Gasteiger partial charge in [0, 0.05) is 29.7 Å². The van der Waals surface area contributed by atoms with Gasteiger partial charge >= 0.3 is 0 Å². The van der Waals surface area contributed by atoms with E-state index in [0.29, 0.717) is 6.04 Å². The van der Waals surface area contributed by atoms with Gasteiger partial charge in [-0.1, -0.05) is 0 Å². The SMILES string of the molecule is CC(N)CNC1CC(C)(C)NC(C)(C)C1. The van der Waals surface area contributed by atoms with Crippen LogP contribution in [-0.4, -0.2) is 29.7 Å². The Morgan fingerprint density at radius 2 is 1.73 bits per heavy atom. The second kappa shape index (κ2) is 4.40. The van der Waals surface area contributed by atoms with Gasteiger partial charge in [-0.25, -0.2) is 0 Å². The molecule has 3 nitrogen and oxygen atoms in total. The van der Waals surface area contributed by atoms with Crippen LogP contribution < -0.4 is 16.4 Å². The van der Waals surface area contributed by atoms with Crippen LogP contribution in [0.15, 0.2) is 0 Å². The second-order valence-corrected chi connectivity index (χ2v) is 6.38. The maximum absolute atomic E-state index is 5.77. The Labute approximate surface area is 94.2 Å². The number of rotatable bonds is 3.